The monoisotopic (exact) mass is 244 g/mol. The molecule has 1 heterocycles. The normalized spacial score (nSPS) is 11.2. The molecule has 0 aliphatic carbocycles. The highest BCUT2D eigenvalue weighted by molar-refractivity contribution is 6.07. The molecule has 96 valence electrons. The number of hydrogen-bond acceptors (Lipinski definition) is 1. The van der Waals surface area contributed by atoms with Crippen LogP contribution >= 0.6 is 0 Å². The van der Waals surface area contributed by atoms with Gasteiger partial charge in [0, 0.05) is 25.7 Å². The Labute approximate surface area is 108 Å². The van der Waals surface area contributed by atoms with E-state index in [1.807, 2.05) is 17.8 Å². The van der Waals surface area contributed by atoms with Gasteiger partial charge >= 0.3 is 0 Å². The second kappa shape index (κ2) is 4.48. The lowest BCUT2D eigenvalue weighted by molar-refractivity contribution is 0.0964. The number of hydrogen-bond donors (Lipinski definition) is 1. The first-order valence-corrected chi connectivity index (χ1v) is 6.27. The third-order valence-corrected chi connectivity index (χ3v) is 3.43. The van der Waals surface area contributed by atoms with E-state index in [9.17, 15) is 4.79 Å². The number of amides is 1. The molecule has 0 unspecified atom stereocenters. The first kappa shape index (κ1) is 12.7. The summed E-state index contributed by atoms with van der Waals surface area (Å²) in [6.45, 7) is 6.44. The first-order chi connectivity index (χ1) is 8.45. The van der Waals surface area contributed by atoms with Crippen molar-refractivity contribution in [2.45, 2.75) is 26.7 Å². The number of aryl methyl sites for hydroxylation is 2. The first-order valence-electron chi connectivity index (χ1n) is 6.27. The molecule has 3 heteroatoms. The van der Waals surface area contributed by atoms with Crippen LogP contribution in [0.15, 0.2) is 18.3 Å². The summed E-state index contributed by atoms with van der Waals surface area (Å²) in [7, 11) is 3.65. The molecule has 0 aliphatic rings. The summed E-state index contributed by atoms with van der Waals surface area (Å²) in [4.78, 5) is 11.9. The Morgan fingerprint density at radius 2 is 2.00 bits per heavy atom. The molecule has 0 radical (unpaired) electrons. The third kappa shape index (κ3) is 1.90. The van der Waals surface area contributed by atoms with Gasteiger partial charge < -0.3 is 9.88 Å². The van der Waals surface area contributed by atoms with Crippen LogP contribution in [0.25, 0.3) is 10.9 Å². The zero-order valence-corrected chi connectivity index (χ0v) is 11.7. The van der Waals surface area contributed by atoms with Crippen molar-refractivity contribution in [1.82, 2.24) is 9.88 Å². The van der Waals surface area contributed by atoms with Gasteiger partial charge in [0.25, 0.3) is 5.91 Å². The van der Waals surface area contributed by atoms with E-state index < -0.39 is 0 Å². The molecule has 1 aromatic heterocycles. The maximum Gasteiger partial charge on any atom is 0.253 e. The Morgan fingerprint density at radius 3 is 2.56 bits per heavy atom. The molecule has 0 aliphatic heterocycles. The molecule has 2 rings (SSSR count). The highest BCUT2D eigenvalue weighted by atomic mass is 16.1. The van der Waals surface area contributed by atoms with Crippen LogP contribution in [0.1, 0.15) is 41.3 Å². The van der Waals surface area contributed by atoms with E-state index >= 15 is 0 Å². The van der Waals surface area contributed by atoms with Gasteiger partial charge in [-0.25, -0.2) is 0 Å². The molecule has 18 heavy (non-hydrogen) atoms. The number of nitrogens with zero attached hydrogens (tertiary/aromatic N) is 1. The number of rotatable bonds is 2. The van der Waals surface area contributed by atoms with Gasteiger partial charge in [0.1, 0.15) is 0 Å². The van der Waals surface area contributed by atoms with Crippen LogP contribution in [-0.2, 0) is 7.05 Å². The summed E-state index contributed by atoms with van der Waals surface area (Å²) in [5.74, 6) is 0.437. The van der Waals surface area contributed by atoms with Crippen LogP contribution < -0.4 is 5.32 Å². The zero-order valence-electron chi connectivity index (χ0n) is 11.7. The standard InChI is InChI=1S/C15H20N2O/c1-9(2)11-6-10(3)14-12(7-11)13(8-17(14)5)15(18)16-4/h6-9H,1-5H3,(H,16,18). The number of fused-ring (bicyclic) bond motifs is 1. The lowest BCUT2D eigenvalue weighted by atomic mass is 9.97. The Kier molecular flexibility index (Phi) is 3.16. The summed E-state index contributed by atoms with van der Waals surface area (Å²) < 4.78 is 2.03. The lowest BCUT2D eigenvalue weighted by Gasteiger charge is -2.09. The molecular formula is C15H20N2O. The Hall–Kier alpha value is -1.77. The van der Waals surface area contributed by atoms with Gasteiger partial charge in [0.05, 0.1) is 11.1 Å². The molecular weight excluding hydrogens is 224 g/mol. The summed E-state index contributed by atoms with van der Waals surface area (Å²) in [5.41, 5.74) is 4.38. The van der Waals surface area contributed by atoms with Gasteiger partial charge in [-0.1, -0.05) is 19.9 Å². The fraction of sp³-hybridized carbons (Fsp3) is 0.400. The molecule has 0 spiro atoms. The van der Waals surface area contributed by atoms with E-state index in [-0.39, 0.29) is 5.91 Å². The van der Waals surface area contributed by atoms with Crippen molar-refractivity contribution in [3.05, 3.63) is 35.0 Å². The highest BCUT2D eigenvalue weighted by Crippen LogP contribution is 2.28. The summed E-state index contributed by atoms with van der Waals surface area (Å²) in [5, 5.41) is 3.74. The average Bonchev–Trinajstić information content (AvgIpc) is 2.66. The van der Waals surface area contributed by atoms with Gasteiger partial charge in [0.2, 0.25) is 0 Å². The quantitative estimate of drug-likeness (QED) is 0.865. The Bertz CT molecular complexity index is 608. The molecule has 0 saturated carbocycles. The number of carbonyl (C=O) groups excluding carboxylic acids is 1. The van der Waals surface area contributed by atoms with E-state index in [4.69, 9.17) is 0 Å². The van der Waals surface area contributed by atoms with Crippen molar-refractivity contribution in [1.29, 1.82) is 0 Å². The minimum Gasteiger partial charge on any atom is -0.355 e. The van der Waals surface area contributed by atoms with Gasteiger partial charge in [-0.2, -0.15) is 0 Å². The lowest BCUT2D eigenvalue weighted by Crippen LogP contribution is -2.17. The predicted molar refractivity (Wildman–Crippen MR) is 75.1 cm³/mol. The van der Waals surface area contributed by atoms with E-state index in [1.165, 1.54) is 11.1 Å². The molecule has 0 atom stereocenters. The number of carbonyl (C=O) groups is 1. The van der Waals surface area contributed by atoms with Crippen LogP contribution in [-0.4, -0.2) is 17.5 Å². The fourth-order valence-corrected chi connectivity index (χ4v) is 2.46. The van der Waals surface area contributed by atoms with Gasteiger partial charge in [0.15, 0.2) is 0 Å². The van der Waals surface area contributed by atoms with Crippen molar-refractivity contribution in [2.75, 3.05) is 7.05 Å². The van der Waals surface area contributed by atoms with Crippen LogP contribution in [0.5, 0.6) is 0 Å². The molecule has 1 aromatic carbocycles. The predicted octanol–water partition coefficient (Wildman–Crippen LogP) is 2.97. The molecule has 0 fully saturated rings. The number of nitrogens with one attached hydrogen (secondary N) is 1. The van der Waals surface area contributed by atoms with Gasteiger partial charge in [-0.3, -0.25) is 4.79 Å². The van der Waals surface area contributed by atoms with E-state index in [0.29, 0.717) is 5.92 Å². The Balaban J connectivity index is 2.79. The maximum atomic E-state index is 11.9. The summed E-state index contributed by atoms with van der Waals surface area (Å²) >= 11 is 0. The van der Waals surface area contributed by atoms with E-state index in [0.717, 1.165) is 16.5 Å². The minimum atomic E-state index is -0.0269. The molecule has 2 aromatic rings. The zero-order chi connectivity index (χ0) is 13.4. The SMILES string of the molecule is CNC(=O)c1cn(C)c2c(C)cc(C(C)C)cc12. The van der Waals surface area contributed by atoms with Gasteiger partial charge in [-0.15, -0.1) is 0 Å². The molecule has 0 saturated heterocycles. The Morgan fingerprint density at radius 1 is 1.33 bits per heavy atom. The smallest absolute Gasteiger partial charge is 0.253 e. The molecule has 1 amide bonds. The largest absolute Gasteiger partial charge is 0.355 e. The fourth-order valence-electron chi connectivity index (χ4n) is 2.46. The second-order valence-electron chi connectivity index (χ2n) is 5.12. The second-order valence-corrected chi connectivity index (χ2v) is 5.12. The van der Waals surface area contributed by atoms with Crippen molar-refractivity contribution in [3.63, 3.8) is 0 Å². The summed E-state index contributed by atoms with van der Waals surface area (Å²) in [6.07, 6.45) is 1.90. The summed E-state index contributed by atoms with van der Waals surface area (Å²) in [6, 6.07) is 4.35. The molecule has 3 nitrogen and oxygen atoms in total. The van der Waals surface area contributed by atoms with Crippen LogP contribution in [0.3, 0.4) is 0 Å². The van der Waals surface area contributed by atoms with Crippen molar-refractivity contribution in [3.8, 4) is 0 Å². The minimum absolute atomic E-state index is 0.0269. The van der Waals surface area contributed by atoms with Crippen LogP contribution in [0.2, 0.25) is 0 Å². The maximum absolute atomic E-state index is 11.9. The van der Waals surface area contributed by atoms with E-state index in [2.05, 4.69) is 38.2 Å². The van der Waals surface area contributed by atoms with Gasteiger partial charge in [-0.05, 0) is 30.0 Å². The topological polar surface area (TPSA) is 34.0 Å². The molecule has 1 N–H and O–H groups in total. The third-order valence-electron chi connectivity index (χ3n) is 3.43. The molecule has 0 bridgehead atoms. The average molecular weight is 244 g/mol. The number of benzene rings is 1. The van der Waals surface area contributed by atoms with E-state index in [1.54, 1.807) is 7.05 Å². The number of aromatic nitrogens is 1. The van der Waals surface area contributed by atoms with Crippen LogP contribution in [0, 0.1) is 6.92 Å². The van der Waals surface area contributed by atoms with Crippen LogP contribution in [0.4, 0.5) is 0 Å². The van der Waals surface area contributed by atoms with Crippen molar-refractivity contribution >= 4 is 16.8 Å². The van der Waals surface area contributed by atoms with Crippen molar-refractivity contribution < 1.29 is 4.79 Å². The highest BCUT2D eigenvalue weighted by Gasteiger charge is 2.15. The van der Waals surface area contributed by atoms with Crippen molar-refractivity contribution in [2.24, 2.45) is 7.05 Å².